The third kappa shape index (κ3) is 5.20. The van der Waals surface area contributed by atoms with Crippen LogP contribution in [0.4, 0.5) is 26.3 Å². The fraction of sp³-hybridized carbons (Fsp3) is 0.538. The molecule has 120 valence electrons. The number of hydrogen-bond acceptors (Lipinski definition) is 2. The highest BCUT2D eigenvalue weighted by Gasteiger charge is 2.58. The molecular formula is C13H15F6NO. The Bertz CT molecular complexity index is 425. The van der Waals surface area contributed by atoms with Crippen LogP contribution in [0.5, 0.6) is 0 Å². The Morgan fingerprint density at radius 1 is 1.00 bits per heavy atom. The van der Waals surface area contributed by atoms with E-state index >= 15 is 0 Å². The summed E-state index contributed by atoms with van der Waals surface area (Å²) in [5, 5.41) is 2.53. The fourth-order valence-corrected chi connectivity index (χ4v) is 1.72. The summed E-state index contributed by atoms with van der Waals surface area (Å²) >= 11 is 0. The molecule has 0 heterocycles. The molecule has 0 aliphatic carbocycles. The maximum Gasteiger partial charge on any atom is 0.423 e. The van der Waals surface area contributed by atoms with Crippen LogP contribution < -0.4 is 5.32 Å². The van der Waals surface area contributed by atoms with Crippen LogP contribution in [-0.2, 0) is 4.74 Å². The molecule has 0 saturated heterocycles. The van der Waals surface area contributed by atoms with Gasteiger partial charge in [0.15, 0.2) is 0 Å². The van der Waals surface area contributed by atoms with Crippen molar-refractivity contribution in [3.8, 4) is 0 Å². The van der Waals surface area contributed by atoms with Crippen molar-refractivity contribution >= 4 is 0 Å². The number of likely N-dealkylation sites (N-methyl/N-ethyl adjacent to an activating group) is 1. The molecule has 0 bridgehead atoms. The number of rotatable bonds is 5. The van der Waals surface area contributed by atoms with E-state index in [-0.39, 0.29) is 12.1 Å². The second-order valence-electron chi connectivity index (χ2n) is 4.56. The molecular weight excluding hydrogens is 300 g/mol. The van der Waals surface area contributed by atoms with Crippen LogP contribution in [0.25, 0.3) is 0 Å². The summed E-state index contributed by atoms with van der Waals surface area (Å²) in [7, 11) is 1.42. The van der Waals surface area contributed by atoms with Gasteiger partial charge in [-0.2, -0.15) is 26.3 Å². The van der Waals surface area contributed by atoms with Gasteiger partial charge in [-0.05, 0) is 19.5 Å². The largest absolute Gasteiger partial charge is 0.423 e. The van der Waals surface area contributed by atoms with E-state index < -0.39 is 24.6 Å². The van der Waals surface area contributed by atoms with Crippen molar-refractivity contribution in [2.24, 2.45) is 0 Å². The highest BCUT2D eigenvalue weighted by molar-refractivity contribution is 5.23. The molecule has 21 heavy (non-hydrogen) atoms. The minimum atomic E-state index is -5.52. The molecule has 1 N–H and O–H groups in total. The van der Waals surface area contributed by atoms with E-state index in [0.717, 1.165) is 5.56 Å². The molecule has 0 radical (unpaired) electrons. The molecule has 0 saturated carbocycles. The lowest BCUT2D eigenvalue weighted by Gasteiger charge is -2.28. The van der Waals surface area contributed by atoms with Crippen molar-refractivity contribution in [3.63, 3.8) is 0 Å². The molecule has 0 fully saturated rings. The van der Waals surface area contributed by atoms with Gasteiger partial charge in [-0.3, -0.25) is 0 Å². The second-order valence-corrected chi connectivity index (χ2v) is 4.56. The topological polar surface area (TPSA) is 21.3 Å². The number of hydrogen-bond donors (Lipinski definition) is 1. The highest BCUT2D eigenvalue weighted by atomic mass is 19.4. The van der Waals surface area contributed by atoms with Gasteiger partial charge in [0, 0.05) is 6.54 Å². The molecule has 1 unspecified atom stereocenters. The van der Waals surface area contributed by atoms with Crippen LogP contribution in [0, 0.1) is 6.92 Å². The van der Waals surface area contributed by atoms with E-state index in [2.05, 4.69) is 10.1 Å². The summed E-state index contributed by atoms with van der Waals surface area (Å²) in [6.07, 6.45) is -16.2. The van der Waals surface area contributed by atoms with E-state index in [0.29, 0.717) is 0 Å². The van der Waals surface area contributed by atoms with Gasteiger partial charge in [0.2, 0.25) is 6.10 Å². The van der Waals surface area contributed by atoms with Gasteiger partial charge in [0.1, 0.15) is 0 Å². The Morgan fingerprint density at radius 2 is 1.48 bits per heavy atom. The van der Waals surface area contributed by atoms with E-state index in [1.165, 1.54) is 19.2 Å². The molecule has 2 nitrogen and oxygen atoms in total. The number of aryl methyl sites for hydroxylation is 1. The normalized spacial score (nSPS) is 14.5. The van der Waals surface area contributed by atoms with Crippen molar-refractivity contribution < 1.29 is 31.1 Å². The molecule has 0 aromatic heterocycles. The summed E-state index contributed by atoms with van der Waals surface area (Å²) in [5.41, 5.74) is 1.08. The molecule has 0 aliphatic rings. The summed E-state index contributed by atoms with van der Waals surface area (Å²) in [5.74, 6) is 0. The van der Waals surface area contributed by atoms with Crippen molar-refractivity contribution in [2.75, 3.05) is 13.6 Å². The average molecular weight is 315 g/mol. The predicted octanol–water partition coefficient (Wildman–Crippen LogP) is 3.77. The van der Waals surface area contributed by atoms with Crippen LogP contribution in [0.1, 0.15) is 17.2 Å². The first-order chi connectivity index (χ1) is 9.55. The Balaban J connectivity index is 3.02. The molecule has 1 aromatic carbocycles. The summed E-state index contributed by atoms with van der Waals surface area (Å²) in [6.45, 7) is 1.58. The Kier molecular flexibility index (Phi) is 5.63. The molecule has 0 spiro atoms. The minimum Gasteiger partial charge on any atom is -0.351 e. The maximum absolute atomic E-state index is 12.5. The van der Waals surface area contributed by atoms with Gasteiger partial charge < -0.3 is 10.1 Å². The van der Waals surface area contributed by atoms with Crippen molar-refractivity contribution in [1.82, 2.24) is 5.32 Å². The molecule has 1 atom stereocenters. The van der Waals surface area contributed by atoms with Gasteiger partial charge in [0.05, 0.1) is 6.10 Å². The van der Waals surface area contributed by atoms with E-state index in [4.69, 9.17) is 0 Å². The average Bonchev–Trinajstić information content (AvgIpc) is 2.32. The number of nitrogens with one attached hydrogen (secondary N) is 1. The SMILES string of the molecule is CNCC(OC(C(F)(F)F)C(F)(F)F)c1ccc(C)cc1. The maximum atomic E-state index is 12.5. The Hall–Kier alpha value is -1.28. The van der Waals surface area contributed by atoms with Crippen LogP contribution in [0.15, 0.2) is 24.3 Å². The number of halogens is 6. The minimum absolute atomic E-state index is 0.175. The first-order valence-electron chi connectivity index (χ1n) is 6.05. The van der Waals surface area contributed by atoms with Crippen molar-refractivity contribution in [3.05, 3.63) is 35.4 Å². The lowest BCUT2D eigenvalue weighted by Crippen LogP contribution is -2.46. The summed E-state index contributed by atoms with van der Waals surface area (Å²) in [4.78, 5) is 0. The van der Waals surface area contributed by atoms with Crippen LogP contribution in [0.3, 0.4) is 0 Å². The molecule has 1 rings (SSSR count). The Morgan fingerprint density at radius 3 is 1.86 bits per heavy atom. The monoisotopic (exact) mass is 315 g/mol. The lowest BCUT2D eigenvalue weighted by atomic mass is 10.1. The number of alkyl halides is 6. The first kappa shape index (κ1) is 17.8. The quantitative estimate of drug-likeness (QED) is 0.835. The molecule has 0 amide bonds. The summed E-state index contributed by atoms with van der Waals surface area (Å²) < 4.78 is 79.5. The smallest absolute Gasteiger partial charge is 0.351 e. The Labute approximate surface area is 118 Å². The van der Waals surface area contributed by atoms with Gasteiger partial charge in [-0.25, -0.2) is 0 Å². The molecule has 0 aliphatic heterocycles. The summed E-state index contributed by atoms with van der Waals surface area (Å²) in [6, 6.07) is 6.08. The van der Waals surface area contributed by atoms with Crippen LogP contribution >= 0.6 is 0 Å². The highest BCUT2D eigenvalue weighted by Crippen LogP contribution is 2.38. The zero-order chi connectivity index (χ0) is 16.3. The fourth-order valence-electron chi connectivity index (χ4n) is 1.72. The lowest BCUT2D eigenvalue weighted by molar-refractivity contribution is -0.331. The predicted molar refractivity (Wildman–Crippen MR) is 64.8 cm³/mol. The van der Waals surface area contributed by atoms with E-state index in [9.17, 15) is 26.3 Å². The van der Waals surface area contributed by atoms with E-state index in [1.54, 1.807) is 19.1 Å². The van der Waals surface area contributed by atoms with Gasteiger partial charge in [0.25, 0.3) is 0 Å². The zero-order valence-electron chi connectivity index (χ0n) is 11.3. The number of ether oxygens (including phenoxy) is 1. The van der Waals surface area contributed by atoms with Crippen molar-refractivity contribution in [2.45, 2.75) is 31.5 Å². The third-order valence-corrected chi connectivity index (χ3v) is 2.73. The molecule has 1 aromatic rings. The van der Waals surface area contributed by atoms with Crippen LogP contribution in [0.2, 0.25) is 0 Å². The number of benzene rings is 1. The zero-order valence-corrected chi connectivity index (χ0v) is 11.3. The van der Waals surface area contributed by atoms with Gasteiger partial charge >= 0.3 is 12.4 Å². The van der Waals surface area contributed by atoms with Gasteiger partial charge in [-0.1, -0.05) is 29.8 Å². The standard InChI is InChI=1S/C13H15F6NO/c1-8-3-5-9(6-4-8)10(7-20-2)21-11(12(14,15)16)13(17,18)19/h3-6,10-11,20H,7H2,1-2H3. The molecule has 8 heteroatoms. The van der Waals surface area contributed by atoms with Gasteiger partial charge in [-0.15, -0.1) is 0 Å². The first-order valence-corrected chi connectivity index (χ1v) is 6.05. The van der Waals surface area contributed by atoms with Crippen molar-refractivity contribution in [1.29, 1.82) is 0 Å². The third-order valence-electron chi connectivity index (χ3n) is 2.73. The second kappa shape index (κ2) is 6.65. The van der Waals surface area contributed by atoms with E-state index in [1.807, 2.05) is 0 Å². The van der Waals surface area contributed by atoms with Crippen LogP contribution in [-0.4, -0.2) is 32.0 Å².